The van der Waals surface area contributed by atoms with E-state index in [1.54, 1.807) is 24.3 Å². The Balaban J connectivity index is 1.86. The van der Waals surface area contributed by atoms with Crippen molar-refractivity contribution in [2.24, 2.45) is 0 Å². The number of imidazole rings is 1. The number of carbonyl (C=O) groups excluding carboxylic acids is 1. The van der Waals surface area contributed by atoms with Crippen LogP contribution in [0, 0.1) is 0 Å². The molecule has 3 rings (SSSR count). The molecular weight excluding hydrogens is 300 g/mol. The highest BCUT2D eigenvalue weighted by Crippen LogP contribution is 2.29. The van der Waals surface area contributed by atoms with Crippen molar-refractivity contribution >= 4 is 22.8 Å². The number of H-pyrrole nitrogens is 2. The van der Waals surface area contributed by atoms with E-state index in [9.17, 15) is 9.59 Å². The Kier molecular flexibility index (Phi) is 3.71. The molecule has 0 spiro atoms. The molecule has 1 amide bonds. The van der Waals surface area contributed by atoms with Crippen LogP contribution < -0.4 is 20.5 Å². The molecule has 0 radical (unpaired) electrons. The summed E-state index contributed by atoms with van der Waals surface area (Å²) in [6.45, 7) is 0. The van der Waals surface area contributed by atoms with Crippen molar-refractivity contribution in [1.82, 2.24) is 15.0 Å². The molecule has 0 saturated heterocycles. The molecule has 2 aromatic heterocycles. The SMILES string of the molecule is COc1ccc(NC(=O)c2cnc3[nH]c(=O)[nH]c3c2)cc1OC. The molecule has 8 heteroatoms. The Morgan fingerprint density at radius 3 is 2.65 bits per heavy atom. The van der Waals surface area contributed by atoms with Crippen LogP contribution >= 0.6 is 0 Å². The molecule has 0 saturated carbocycles. The van der Waals surface area contributed by atoms with E-state index in [4.69, 9.17) is 9.47 Å². The number of aromatic nitrogens is 3. The van der Waals surface area contributed by atoms with E-state index in [0.717, 1.165) is 0 Å². The van der Waals surface area contributed by atoms with E-state index in [0.29, 0.717) is 33.9 Å². The van der Waals surface area contributed by atoms with Crippen molar-refractivity contribution in [3.63, 3.8) is 0 Å². The summed E-state index contributed by atoms with van der Waals surface area (Å²) < 4.78 is 10.3. The topological polar surface area (TPSA) is 109 Å². The number of carbonyl (C=O) groups is 1. The number of benzene rings is 1. The fourth-order valence-electron chi connectivity index (χ4n) is 2.16. The quantitative estimate of drug-likeness (QED) is 0.676. The van der Waals surface area contributed by atoms with Gasteiger partial charge in [0.15, 0.2) is 17.1 Å². The molecule has 2 heterocycles. The highest BCUT2D eigenvalue weighted by Gasteiger charge is 2.11. The van der Waals surface area contributed by atoms with Crippen LogP contribution in [0.15, 0.2) is 35.3 Å². The highest BCUT2D eigenvalue weighted by atomic mass is 16.5. The van der Waals surface area contributed by atoms with Crippen LogP contribution in [0.25, 0.3) is 11.2 Å². The van der Waals surface area contributed by atoms with Crippen molar-refractivity contribution in [2.75, 3.05) is 19.5 Å². The zero-order valence-electron chi connectivity index (χ0n) is 12.5. The summed E-state index contributed by atoms with van der Waals surface area (Å²) in [5.74, 6) is 0.723. The number of methoxy groups -OCH3 is 2. The summed E-state index contributed by atoms with van der Waals surface area (Å²) in [4.78, 5) is 32.6. The molecule has 3 aromatic rings. The fourth-order valence-corrected chi connectivity index (χ4v) is 2.16. The average molecular weight is 314 g/mol. The molecule has 0 atom stereocenters. The molecule has 0 aliphatic rings. The summed E-state index contributed by atoms with van der Waals surface area (Å²) in [5.41, 5.74) is 1.37. The minimum absolute atomic E-state index is 0.322. The molecule has 8 nitrogen and oxygen atoms in total. The first-order valence-electron chi connectivity index (χ1n) is 6.72. The Hall–Kier alpha value is -3.29. The lowest BCUT2D eigenvalue weighted by Gasteiger charge is -2.10. The molecule has 0 unspecified atom stereocenters. The van der Waals surface area contributed by atoms with E-state index in [1.807, 2.05) is 0 Å². The largest absolute Gasteiger partial charge is 0.493 e. The first-order chi connectivity index (χ1) is 11.1. The second-order valence-corrected chi connectivity index (χ2v) is 4.72. The molecule has 1 aromatic carbocycles. The third kappa shape index (κ3) is 2.86. The van der Waals surface area contributed by atoms with E-state index in [-0.39, 0.29) is 11.6 Å². The van der Waals surface area contributed by atoms with E-state index in [2.05, 4.69) is 20.3 Å². The standard InChI is InChI=1S/C15H14N4O4/c1-22-11-4-3-9(6-12(11)23-2)17-14(20)8-5-10-13(16-7-8)19-15(21)18-10/h3-7H,1-2H3,(H,17,20)(H2,16,18,19,21). The number of rotatable bonds is 4. The van der Waals surface area contributed by atoms with Crippen LogP contribution in [0.5, 0.6) is 11.5 Å². The van der Waals surface area contributed by atoms with Crippen molar-refractivity contribution in [1.29, 1.82) is 0 Å². The Morgan fingerprint density at radius 2 is 1.91 bits per heavy atom. The zero-order chi connectivity index (χ0) is 16.4. The number of ether oxygens (including phenoxy) is 2. The summed E-state index contributed by atoms with van der Waals surface area (Å²) >= 11 is 0. The first-order valence-corrected chi connectivity index (χ1v) is 6.72. The number of pyridine rings is 1. The Morgan fingerprint density at radius 1 is 1.13 bits per heavy atom. The molecule has 0 aliphatic carbocycles. The predicted octanol–water partition coefficient (Wildman–Crippen LogP) is 1.52. The van der Waals surface area contributed by atoms with Gasteiger partial charge in [-0.3, -0.25) is 9.78 Å². The third-order valence-electron chi connectivity index (χ3n) is 3.27. The van der Waals surface area contributed by atoms with E-state index < -0.39 is 0 Å². The summed E-state index contributed by atoms with van der Waals surface area (Å²) in [6, 6.07) is 6.60. The van der Waals surface area contributed by atoms with E-state index >= 15 is 0 Å². The maximum absolute atomic E-state index is 12.3. The van der Waals surface area contributed by atoms with Gasteiger partial charge < -0.3 is 19.8 Å². The van der Waals surface area contributed by atoms with Crippen LogP contribution in [0.2, 0.25) is 0 Å². The van der Waals surface area contributed by atoms with Crippen LogP contribution in [-0.2, 0) is 0 Å². The lowest BCUT2D eigenvalue weighted by atomic mass is 10.2. The normalized spacial score (nSPS) is 10.5. The molecule has 0 fully saturated rings. The number of nitrogens with zero attached hydrogens (tertiary/aromatic N) is 1. The van der Waals surface area contributed by atoms with Crippen LogP contribution in [-0.4, -0.2) is 35.1 Å². The fraction of sp³-hybridized carbons (Fsp3) is 0.133. The second kappa shape index (κ2) is 5.84. The monoisotopic (exact) mass is 314 g/mol. The van der Waals surface area contributed by atoms with Gasteiger partial charge in [-0.15, -0.1) is 0 Å². The van der Waals surface area contributed by atoms with Crippen LogP contribution in [0.3, 0.4) is 0 Å². The lowest BCUT2D eigenvalue weighted by molar-refractivity contribution is 0.102. The van der Waals surface area contributed by atoms with Gasteiger partial charge in [0.2, 0.25) is 0 Å². The number of fused-ring (bicyclic) bond motifs is 1. The average Bonchev–Trinajstić information content (AvgIpc) is 2.93. The Labute approximate surface area is 130 Å². The molecule has 23 heavy (non-hydrogen) atoms. The zero-order valence-corrected chi connectivity index (χ0v) is 12.5. The number of hydrogen-bond donors (Lipinski definition) is 3. The van der Waals surface area contributed by atoms with Crippen molar-refractivity contribution < 1.29 is 14.3 Å². The van der Waals surface area contributed by atoms with Gasteiger partial charge >= 0.3 is 5.69 Å². The number of hydrogen-bond acceptors (Lipinski definition) is 5. The van der Waals surface area contributed by atoms with Gasteiger partial charge in [0.1, 0.15) is 0 Å². The van der Waals surface area contributed by atoms with Gasteiger partial charge in [0, 0.05) is 18.0 Å². The number of aromatic amines is 2. The van der Waals surface area contributed by atoms with Gasteiger partial charge in [0.25, 0.3) is 5.91 Å². The number of anilines is 1. The maximum atomic E-state index is 12.3. The second-order valence-electron chi connectivity index (χ2n) is 4.72. The van der Waals surface area contributed by atoms with Crippen molar-refractivity contribution in [3.05, 3.63) is 46.5 Å². The van der Waals surface area contributed by atoms with Crippen molar-refractivity contribution in [3.8, 4) is 11.5 Å². The molecule has 3 N–H and O–H groups in total. The summed E-state index contributed by atoms with van der Waals surface area (Å²) in [7, 11) is 3.05. The molecule has 0 bridgehead atoms. The minimum Gasteiger partial charge on any atom is -0.493 e. The summed E-state index contributed by atoms with van der Waals surface area (Å²) in [5, 5.41) is 2.74. The van der Waals surface area contributed by atoms with E-state index in [1.165, 1.54) is 20.4 Å². The predicted molar refractivity (Wildman–Crippen MR) is 84.2 cm³/mol. The smallest absolute Gasteiger partial charge is 0.325 e. The first kappa shape index (κ1) is 14.6. The number of amides is 1. The van der Waals surface area contributed by atoms with Crippen molar-refractivity contribution in [2.45, 2.75) is 0 Å². The minimum atomic E-state index is -0.370. The Bertz CT molecular complexity index is 929. The molecule has 118 valence electrons. The van der Waals surface area contributed by atoms with Gasteiger partial charge in [-0.25, -0.2) is 9.78 Å². The molecular formula is C15H14N4O4. The van der Waals surface area contributed by atoms with Gasteiger partial charge in [-0.05, 0) is 18.2 Å². The maximum Gasteiger partial charge on any atom is 0.325 e. The third-order valence-corrected chi connectivity index (χ3v) is 3.27. The lowest BCUT2D eigenvalue weighted by Crippen LogP contribution is -2.12. The van der Waals surface area contributed by atoms with Crippen LogP contribution in [0.4, 0.5) is 5.69 Å². The van der Waals surface area contributed by atoms with Gasteiger partial charge in [-0.1, -0.05) is 0 Å². The van der Waals surface area contributed by atoms with Gasteiger partial charge in [-0.2, -0.15) is 0 Å². The van der Waals surface area contributed by atoms with Crippen LogP contribution in [0.1, 0.15) is 10.4 Å². The summed E-state index contributed by atoms with van der Waals surface area (Å²) in [6.07, 6.45) is 1.39. The molecule has 0 aliphatic heterocycles. The highest BCUT2D eigenvalue weighted by molar-refractivity contribution is 6.05. The number of nitrogens with one attached hydrogen (secondary N) is 3. The van der Waals surface area contributed by atoms with Gasteiger partial charge in [0.05, 0.1) is 25.3 Å².